The van der Waals surface area contributed by atoms with E-state index in [0.717, 1.165) is 47.2 Å². The molecule has 1 aliphatic carbocycles. The summed E-state index contributed by atoms with van der Waals surface area (Å²) < 4.78 is 0.922. The molecule has 1 fully saturated rings. The molecule has 1 aromatic carbocycles. The molecule has 0 aliphatic heterocycles. The van der Waals surface area contributed by atoms with E-state index in [2.05, 4.69) is 28.2 Å². The van der Waals surface area contributed by atoms with Crippen molar-refractivity contribution in [2.24, 2.45) is 5.92 Å². The largest absolute Gasteiger partial charge is 0.345 e. The smallest absolute Gasteiger partial charge is 0.252 e. The zero-order valence-corrected chi connectivity index (χ0v) is 14.4. The van der Waals surface area contributed by atoms with Crippen LogP contribution in [-0.4, -0.2) is 17.3 Å². The minimum atomic E-state index is -0.236. The van der Waals surface area contributed by atoms with E-state index >= 15 is 0 Å². The van der Waals surface area contributed by atoms with E-state index in [9.17, 15) is 4.79 Å². The van der Waals surface area contributed by atoms with Crippen molar-refractivity contribution in [3.05, 3.63) is 33.8 Å². The van der Waals surface area contributed by atoms with Crippen molar-refractivity contribution in [2.45, 2.75) is 45.1 Å². The summed E-state index contributed by atoms with van der Waals surface area (Å²) in [5.74, 6) is 1.20. The number of carbonyl (C=O) groups excluding carboxylic acids is 1. The molecule has 0 spiro atoms. The minimum absolute atomic E-state index is 0.0148. The van der Waals surface area contributed by atoms with Crippen LogP contribution in [0.5, 0.6) is 0 Å². The van der Waals surface area contributed by atoms with E-state index in [1.54, 1.807) is 0 Å². The number of nitrogens with one attached hydrogen (secondary N) is 1. The highest BCUT2D eigenvalue weighted by atomic mass is 79.9. The first-order valence-electron chi connectivity index (χ1n) is 7.10. The maximum absolute atomic E-state index is 12.5. The van der Waals surface area contributed by atoms with Gasteiger partial charge in [-0.05, 0) is 56.2 Å². The SMILES string of the molecule is Cc1ccc(Br)cc1C(=O)NC1(CCl)CCC(C)CC1. The van der Waals surface area contributed by atoms with Crippen molar-refractivity contribution in [1.29, 1.82) is 0 Å². The van der Waals surface area contributed by atoms with E-state index in [1.807, 2.05) is 25.1 Å². The fourth-order valence-corrected chi connectivity index (χ4v) is 3.45. The number of hydrogen-bond acceptors (Lipinski definition) is 1. The van der Waals surface area contributed by atoms with Gasteiger partial charge < -0.3 is 5.32 Å². The molecular formula is C16H21BrClNO. The van der Waals surface area contributed by atoms with Crippen LogP contribution in [0.4, 0.5) is 0 Å². The number of aryl methyl sites for hydroxylation is 1. The summed E-state index contributed by atoms with van der Waals surface area (Å²) in [4.78, 5) is 12.5. The van der Waals surface area contributed by atoms with Gasteiger partial charge in [-0.15, -0.1) is 11.6 Å². The van der Waals surface area contributed by atoms with E-state index in [4.69, 9.17) is 11.6 Å². The summed E-state index contributed by atoms with van der Waals surface area (Å²) in [6.45, 7) is 4.22. The Morgan fingerprint density at radius 2 is 2.10 bits per heavy atom. The summed E-state index contributed by atoms with van der Waals surface area (Å²) >= 11 is 9.59. The minimum Gasteiger partial charge on any atom is -0.345 e. The van der Waals surface area contributed by atoms with Crippen LogP contribution in [0.2, 0.25) is 0 Å². The Balaban J connectivity index is 2.15. The molecule has 2 nitrogen and oxygen atoms in total. The maximum Gasteiger partial charge on any atom is 0.252 e. The number of halogens is 2. The molecule has 1 aromatic rings. The van der Waals surface area contributed by atoms with Gasteiger partial charge in [-0.3, -0.25) is 4.79 Å². The lowest BCUT2D eigenvalue weighted by Crippen LogP contribution is -2.52. The molecule has 20 heavy (non-hydrogen) atoms. The molecule has 1 saturated carbocycles. The van der Waals surface area contributed by atoms with Gasteiger partial charge in [-0.25, -0.2) is 0 Å². The molecule has 0 aromatic heterocycles. The van der Waals surface area contributed by atoms with Crippen molar-refractivity contribution < 1.29 is 4.79 Å². The van der Waals surface area contributed by atoms with Gasteiger partial charge in [0.05, 0.1) is 5.54 Å². The van der Waals surface area contributed by atoms with Gasteiger partial charge in [0.2, 0.25) is 0 Å². The highest BCUT2D eigenvalue weighted by Gasteiger charge is 2.35. The first-order valence-corrected chi connectivity index (χ1v) is 8.43. The quantitative estimate of drug-likeness (QED) is 0.781. The first-order chi connectivity index (χ1) is 9.46. The summed E-state index contributed by atoms with van der Waals surface area (Å²) in [5.41, 5.74) is 1.47. The first kappa shape index (κ1) is 15.8. The second-order valence-corrected chi connectivity index (χ2v) is 7.19. The average molecular weight is 359 g/mol. The van der Waals surface area contributed by atoms with E-state index in [-0.39, 0.29) is 11.4 Å². The van der Waals surface area contributed by atoms with Crippen molar-refractivity contribution in [1.82, 2.24) is 5.32 Å². The summed E-state index contributed by atoms with van der Waals surface area (Å²) in [7, 11) is 0. The molecule has 0 atom stereocenters. The van der Waals surface area contributed by atoms with Gasteiger partial charge in [0.25, 0.3) is 5.91 Å². The molecule has 1 aliphatic rings. The average Bonchev–Trinajstić information content (AvgIpc) is 2.44. The normalized spacial score (nSPS) is 26.3. The number of benzene rings is 1. The molecule has 0 saturated heterocycles. The number of rotatable bonds is 3. The summed E-state index contributed by atoms with van der Waals surface area (Å²) in [6, 6.07) is 5.78. The number of carbonyl (C=O) groups is 1. The Morgan fingerprint density at radius 3 is 2.70 bits per heavy atom. The fourth-order valence-electron chi connectivity index (χ4n) is 2.75. The third-order valence-corrected chi connectivity index (χ3v) is 5.31. The molecule has 1 N–H and O–H groups in total. The standard InChI is InChI=1S/C16H21BrClNO/c1-11-5-7-16(10-18,8-6-11)19-15(20)14-9-13(17)4-3-12(14)2/h3-4,9,11H,5-8,10H2,1-2H3,(H,19,20). The van der Waals surface area contributed by atoms with Crippen LogP contribution in [0.15, 0.2) is 22.7 Å². The zero-order chi connectivity index (χ0) is 14.8. The summed E-state index contributed by atoms with van der Waals surface area (Å²) in [5, 5.41) is 3.20. The van der Waals surface area contributed by atoms with E-state index in [0.29, 0.717) is 5.88 Å². The molecule has 110 valence electrons. The second-order valence-electron chi connectivity index (χ2n) is 6.01. The van der Waals surface area contributed by atoms with Gasteiger partial charge in [0.1, 0.15) is 0 Å². The molecule has 0 radical (unpaired) electrons. The van der Waals surface area contributed by atoms with Gasteiger partial charge in [0.15, 0.2) is 0 Å². The highest BCUT2D eigenvalue weighted by molar-refractivity contribution is 9.10. The topological polar surface area (TPSA) is 29.1 Å². The fraction of sp³-hybridized carbons (Fsp3) is 0.562. The molecule has 2 rings (SSSR count). The Kier molecular flexibility index (Phi) is 5.14. The van der Waals surface area contributed by atoms with Crippen LogP contribution in [0.3, 0.4) is 0 Å². The van der Waals surface area contributed by atoms with Crippen LogP contribution >= 0.6 is 27.5 Å². The number of alkyl halides is 1. The second kappa shape index (κ2) is 6.48. The molecule has 1 amide bonds. The van der Waals surface area contributed by atoms with Crippen LogP contribution in [0.25, 0.3) is 0 Å². The Hall–Kier alpha value is -0.540. The van der Waals surface area contributed by atoms with E-state index in [1.165, 1.54) is 0 Å². The van der Waals surface area contributed by atoms with E-state index < -0.39 is 0 Å². The highest BCUT2D eigenvalue weighted by Crippen LogP contribution is 2.33. The predicted molar refractivity (Wildman–Crippen MR) is 87.4 cm³/mol. The van der Waals surface area contributed by atoms with Crippen molar-refractivity contribution in [3.8, 4) is 0 Å². The Morgan fingerprint density at radius 1 is 1.45 bits per heavy atom. The molecule has 0 heterocycles. The third kappa shape index (κ3) is 3.56. The van der Waals surface area contributed by atoms with Crippen LogP contribution in [0, 0.1) is 12.8 Å². The lowest BCUT2D eigenvalue weighted by Gasteiger charge is -2.38. The van der Waals surface area contributed by atoms with Crippen LogP contribution < -0.4 is 5.32 Å². The number of amides is 1. The molecule has 4 heteroatoms. The monoisotopic (exact) mass is 357 g/mol. The van der Waals surface area contributed by atoms with Crippen molar-refractivity contribution in [3.63, 3.8) is 0 Å². The third-order valence-electron chi connectivity index (χ3n) is 4.31. The maximum atomic E-state index is 12.5. The molecular weight excluding hydrogens is 338 g/mol. The predicted octanol–water partition coefficient (Wildman–Crippen LogP) is 4.68. The van der Waals surface area contributed by atoms with Crippen molar-refractivity contribution in [2.75, 3.05) is 5.88 Å². The zero-order valence-electron chi connectivity index (χ0n) is 12.0. The van der Waals surface area contributed by atoms with Crippen LogP contribution in [-0.2, 0) is 0 Å². The van der Waals surface area contributed by atoms with Crippen molar-refractivity contribution >= 4 is 33.4 Å². The lowest BCUT2D eigenvalue weighted by atomic mass is 9.78. The molecule has 0 unspecified atom stereocenters. The van der Waals surface area contributed by atoms with Crippen LogP contribution in [0.1, 0.15) is 48.5 Å². The lowest BCUT2D eigenvalue weighted by molar-refractivity contribution is 0.0871. The molecule has 0 bridgehead atoms. The number of hydrogen-bond donors (Lipinski definition) is 1. The van der Waals surface area contributed by atoms with Gasteiger partial charge in [0, 0.05) is 15.9 Å². The Bertz CT molecular complexity index is 495. The van der Waals surface area contributed by atoms with Gasteiger partial charge in [-0.1, -0.05) is 28.9 Å². The Labute approximate surface area is 134 Å². The summed E-state index contributed by atoms with van der Waals surface area (Å²) in [6.07, 6.45) is 4.20. The van der Waals surface area contributed by atoms with Gasteiger partial charge >= 0.3 is 0 Å². The van der Waals surface area contributed by atoms with Gasteiger partial charge in [-0.2, -0.15) is 0 Å².